The molecule has 2 aromatic heterocycles. The molecular formula is C22H34N10O5S. The number of H-pyrrole nitrogens is 2. The van der Waals surface area contributed by atoms with E-state index in [1.165, 1.54) is 18.9 Å². The highest BCUT2D eigenvalue weighted by Crippen LogP contribution is 1.99. The maximum absolute atomic E-state index is 12.7. The van der Waals surface area contributed by atoms with Crippen LogP contribution in [0, 0.1) is 0 Å². The quantitative estimate of drug-likeness (QED) is 0.0722. The molecule has 0 aliphatic heterocycles. The van der Waals surface area contributed by atoms with Gasteiger partial charge < -0.3 is 42.3 Å². The van der Waals surface area contributed by atoms with Crippen LogP contribution < -0.4 is 32.3 Å². The van der Waals surface area contributed by atoms with Gasteiger partial charge in [0.05, 0.1) is 38.3 Å². The van der Waals surface area contributed by atoms with Crippen molar-refractivity contribution in [1.29, 1.82) is 0 Å². The summed E-state index contributed by atoms with van der Waals surface area (Å²) in [5, 5.41) is 12.5. The number of aromatic amines is 2. The van der Waals surface area contributed by atoms with E-state index in [1.54, 1.807) is 6.20 Å². The van der Waals surface area contributed by atoms with Crippen LogP contribution in [0.2, 0.25) is 0 Å². The number of nitrogens with one attached hydrogen (secondary N) is 7. The molecule has 0 spiro atoms. The van der Waals surface area contributed by atoms with E-state index in [4.69, 9.17) is 5.73 Å². The molecule has 2 atom stereocenters. The number of hydrogen-bond acceptors (Lipinski definition) is 9. The SMILES string of the molecule is N[C@@H](Cc1cnc[nH]1)C(=O)NCC(=O)NCC(=O)N[C@@H](Cc1cnc[nH]1)C(=O)NCC(=O)NCCCCS. The summed E-state index contributed by atoms with van der Waals surface area (Å²) in [4.78, 5) is 74.6. The zero-order valence-electron chi connectivity index (χ0n) is 20.8. The van der Waals surface area contributed by atoms with Gasteiger partial charge in [-0.2, -0.15) is 12.6 Å². The predicted octanol–water partition coefficient (Wildman–Crippen LogP) is -3.10. The molecule has 15 nitrogen and oxygen atoms in total. The summed E-state index contributed by atoms with van der Waals surface area (Å²) in [5.74, 6) is -2.02. The number of hydrogen-bond donors (Lipinski definition) is 9. The molecule has 0 aromatic carbocycles. The first-order valence-electron chi connectivity index (χ1n) is 12.0. The third-order valence-electron chi connectivity index (χ3n) is 5.16. The Balaban J connectivity index is 1.76. The summed E-state index contributed by atoms with van der Waals surface area (Å²) in [6.07, 6.45) is 7.87. The number of nitrogens with two attached hydrogens (primary N) is 1. The van der Waals surface area contributed by atoms with Crippen LogP contribution in [0.25, 0.3) is 0 Å². The Bertz CT molecular complexity index is 1030. The molecule has 0 fully saturated rings. The second kappa shape index (κ2) is 16.8. The lowest BCUT2D eigenvalue weighted by molar-refractivity contribution is -0.131. The van der Waals surface area contributed by atoms with E-state index in [9.17, 15) is 24.0 Å². The van der Waals surface area contributed by atoms with Crippen molar-refractivity contribution < 1.29 is 24.0 Å². The van der Waals surface area contributed by atoms with Crippen molar-refractivity contribution in [2.24, 2.45) is 5.73 Å². The number of unbranched alkanes of at least 4 members (excludes halogenated alkanes) is 1. The van der Waals surface area contributed by atoms with Crippen LogP contribution in [0.5, 0.6) is 0 Å². The van der Waals surface area contributed by atoms with E-state index in [2.05, 4.69) is 59.1 Å². The van der Waals surface area contributed by atoms with E-state index in [0.717, 1.165) is 18.6 Å². The number of aromatic nitrogens is 4. The van der Waals surface area contributed by atoms with Gasteiger partial charge in [-0.1, -0.05) is 0 Å². The Kier molecular flexibility index (Phi) is 13.4. The molecule has 208 valence electrons. The van der Waals surface area contributed by atoms with Gasteiger partial charge in [0.15, 0.2) is 0 Å². The molecular weight excluding hydrogens is 516 g/mol. The van der Waals surface area contributed by atoms with Crippen molar-refractivity contribution in [2.45, 2.75) is 37.8 Å². The van der Waals surface area contributed by atoms with Gasteiger partial charge in [0, 0.05) is 43.2 Å². The van der Waals surface area contributed by atoms with Gasteiger partial charge in [0.1, 0.15) is 6.04 Å². The largest absolute Gasteiger partial charge is 0.355 e. The molecule has 2 rings (SSSR count). The Morgan fingerprint density at radius 3 is 1.97 bits per heavy atom. The highest BCUT2D eigenvalue weighted by atomic mass is 32.1. The number of amides is 5. The molecule has 0 saturated carbocycles. The van der Waals surface area contributed by atoms with Gasteiger partial charge >= 0.3 is 0 Å². The van der Waals surface area contributed by atoms with Crippen molar-refractivity contribution in [3.05, 3.63) is 36.4 Å². The fourth-order valence-corrected chi connectivity index (χ4v) is 3.38. The Morgan fingerprint density at radius 1 is 0.789 bits per heavy atom. The summed E-state index contributed by atoms with van der Waals surface area (Å²) in [6.45, 7) is -0.606. The second-order valence-electron chi connectivity index (χ2n) is 8.28. The lowest BCUT2D eigenvalue weighted by Gasteiger charge is -2.18. The summed E-state index contributed by atoms with van der Waals surface area (Å²) < 4.78 is 0. The topological polar surface area (TPSA) is 229 Å². The van der Waals surface area contributed by atoms with E-state index >= 15 is 0 Å². The van der Waals surface area contributed by atoms with Crippen LogP contribution in [0.4, 0.5) is 0 Å². The van der Waals surface area contributed by atoms with Crippen molar-refractivity contribution in [1.82, 2.24) is 46.5 Å². The Hall–Kier alpha value is -3.92. The average molecular weight is 551 g/mol. The van der Waals surface area contributed by atoms with Gasteiger partial charge in [-0.05, 0) is 18.6 Å². The molecule has 0 aliphatic rings. The molecule has 2 aromatic rings. The summed E-state index contributed by atoms with van der Waals surface area (Å²) in [7, 11) is 0. The summed E-state index contributed by atoms with van der Waals surface area (Å²) in [5.41, 5.74) is 7.06. The van der Waals surface area contributed by atoms with Crippen LogP contribution >= 0.6 is 12.6 Å². The molecule has 0 aliphatic carbocycles. The van der Waals surface area contributed by atoms with Crippen LogP contribution in [-0.4, -0.2) is 93.5 Å². The highest BCUT2D eigenvalue weighted by molar-refractivity contribution is 7.80. The van der Waals surface area contributed by atoms with Crippen molar-refractivity contribution in [3.63, 3.8) is 0 Å². The van der Waals surface area contributed by atoms with E-state index in [0.29, 0.717) is 17.9 Å². The minimum atomic E-state index is -1.03. The molecule has 0 radical (unpaired) electrons. The van der Waals surface area contributed by atoms with E-state index < -0.39 is 42.3 Å². The number of nitrogens with zero attached hydrogens (tertiary/aromatic N) is 2. The van der Waals surface area contributed by atoms with Crippen LogP contribution in [0.15, 0.2) is 25.0 Å². The fourth-order valence-electron chi connectivity index (χ4n) is 3.15. The highest BCUT2D eigenvalue weighted by Gasteiger charge is 2.23. The number of thiol groups is 1. The first-order valence-corrected chi connectivity index (χ1v) is 12.6. The molecule has 2 heterocycles. The number of rotatable bonds is 17. The standard InChI is InChI=1S/C22H34N10O5S/c23-16(5-14-7-24-12-30-14)21(36)28-10-19(34)27-11-20(35)32-17(6-15-8-25-13-31-15)22(37)29-9-18(33)26-3-1-2-4-38/h7-8,12-13,16-17,38H,1-6,9-11,23H2,(H,24,30)(H,25,31)(H,26,33)(H,27,34)(H,28,36)(H,29,37)(H,32,35)/t16-,17-/m0/s1. The fraction of sp³-hybridized carbons (Fsp3) is 0.500. The lowest BCUT2D eigenvalue weighted by Crippen LogP contribution is -2.52. The normalized spacial score (nSPS) is 12.2. The number of carbonyl (C=O) groups excluding carboxylic acids is 5. The monoisotopic (exact) mass is 550 g/mol. The van der Waals surface area contributed by atoms with Crippen LogP contribution in [0.3, 0.4) is 0 Å². The van der Waals surface area contributed by atoms with Crippen molar-refractivity contribution in [2.75, 3.05) is 31.9 Å². The molecule has 0 bridgehead atoms. The smallest absolute Gasteiger partial charge is 0.243 e. The number of imidazole rings is 2. The molecule has 9 N–H and O–H groups in total. The third kappa shape index (κ3) is 11.9. The van der Waals surface area contributed by atoms with Gasteiger partial charge in [0.25, 0.3) is 0 Å². The first-order chi connectivity index (χ1) is 18.3. The van der Waals surface area contributed by atoms with Crippen molar-refractivity contribution in [3.8, 4) is 0 Å². The molecule has 16 heteroatoms. The zero-order valence-corrected chi connectivity index (χ0v) is 21.7. The third-order valence-corrected chi connectivity index (χ3v) is 5.48. The maximum Gasteiger partial charge on any atom is 0.243 e. The minimum Gasteiger partial charge on any atom is -0.355 e. The predicted molar refractivity (Wildman–Crippen MR) is 140 cm³/mol. The Morgan fingerprint density at radius 2 is 1.37 bits per heavy atom. The second-order valence-corrected chi connectivity index (χ2v) is 8.73. The van der Waals surface area contributed by atoms with Gasteiger partial charge in [-0.3, -0.25) is 24.0 Å². The summed E-state index contributed by atoms with van der Waals surface area (Å²) >= 11 is 4.11. The van der Waals surface area contributed by atoms with Gasteiger partial charge in [-0.15, -0.1) is 0 Å². The first kappa shape index (κ1) is 30.3. The average Bonchev–Trinajstić information content (AvgIpc) is 3.61. The van der Waals surface area contributed by atoms with Gasteiger partial charge in [-0.25, -0.2) is 9.97 Å². The molecule has 0 unspecified atom stereocenters. The zero-order chi connectivity index (χ0) is 27.8. The summed E-state index contributed by atoms with van der Waals surface area (Å²) in [6, 6.07) is -1.92. The number of carbonyl (C=O) groups is 5. The molecule has 5 amide bonds. The van der Waals surface area contributed by atoms with Crippen molar-refractivity contribution >= 4 is 42.2 Å². The lowest BCUT2D eigenvalue weighted by atomic mass is 10.1. The minimum absolute atomic E-state index is 0.0827. The van der Waals surface area contributed by atoms with E-state index in [-0.39, 0.29) is 31.8 Å². The van der Waals surface area contributed by atoms with Gasteiger partial charge in [0.2, 0.25) is 29.5 Å². The molecule has 38 heavy (non-hydrogen) atoms. The van der Waals surface area contributed by atoms with E-state index in [1.807, 2.05) is 0 Å². The van der Waals surface area contributed by atoms with Crippen LogP contribution in [-0.2, 0) is 36.8 Å². The molecule has 0 saturated heterocycles. The van der Waals surface area contributed by atoms with Crippen LogP contribution in [0.1, 0.15) is 24.2 Å². The maximum atomic E-state index is 12.7. The Labute approximate surface area is 224 Å².